The van der Waals surface area contributed by atoms with Gasteiger partial charge in [0, 0.05) is 12.7 Å². The Hall–Kier alpha value is -3.23. The second kappa shape index (κ2) is 9.72. The van der Waals surface area contributed by atoms with E-state index in [1.54, 1.807) is 0 Å². The molecule has 1 aromatic carbocycles. The third-order valence-electron chi connectivity index (χ3n) is 3.61. The average Bonchev–Trinajstić information content (AvgIpc) is 2.62. The zero-order valence-electron chi connectivity index (χ0n) is 15.7. The first kappa shape index (κ1) is 27.8. The number of nitrogens with two attached hydrogens (primary N) is 1. The highest BCUT2D eigenvalue weighted by Crippen LogP contribution is 2.36. The number of nitrogens with one attached hydrogen (secondary N) is 1. The number of carboxylic acids is 1. The highest BCUT2D eigenvalue weighted by Gasteiger charge is 2.38. The lowest BCUT2D eigenvalue weighted by molar-refractivity contribution is -0.192. The van der Waals surface area contributed by atoms with Crippen LogP contribution in [0.4, 0.5) is 39.5 Å². The van der Waals surface area contributed by atoms with Gasteiger partial charge in [0.25, 0.3) is 5.91 Å². The number of amides is 1. The molecule has 0 saturated carbocycles. The summed E-state index contributed by atoms with van der Waals surface area (Å²) in [5.74, 6) is -3.77. The number of carbonyl (C=O) groups excluding carboxylic acids is 1. The van der Waals surface area contributed by atoms with Crippen molar-refractivity contribution in [1.82, 2.24) is 4.57 Å². The Balaban J connectivity index is 0.000000675. The number of halogens is 10. The number of alkyl halides is 9. The summed E-state index contributed by atoms with van der Waals surface area (Å²) in [6.45, 7) is -0.549. The van der Waals surface area contributed by atoms with Crippen molar-refractivity contribution < 1.29 is 54.2 Å². The summed E-state index contributed by atoms with van der Waals surface area (Å²) in [5, 5.41) is 14.9. The highest BCUT2D eigenvalue weighted by atomic mass is 35.5. The van der Waals surface area contributed by atoms with Crippen LogP contribution < -0.4 is 11.2 Å². The Morgan fingerprint density at radius 2 is 1.36 bits per heavy atom. The van der Waals surface area contributed by atoms with Crippen LogP contribution in [0.3, 0.4) is 0 Å². The van der Waals surface area contributed by atoms with Gasteiger partial charge in [-0.15, -0.1) is 0 Å². The molecule has 182 valence electrons. The van der Waals surface area contributed by atoms with Crippen LogP contribution in [0.25, 0.3) is 0 Å². The number of aliphatic carboxylic acids is 1. The molecule has 0 spiro atoms. The van der Waals surface area contributed by atoms with Gasteiger partial charge in [0.05, 0.1) is 21.7 Å². The highest BCUT2D eigenvalue weighted by molar-refractivity contribution is 6.30. The number of nitrogens with zero attached hydrogens (tertiary/aromatic N) is 1. The number of pyridine rings is 1. The number of rotatable bonds is 3. The molecule has 1 amide bonds. The van der Waals surface area contributed by atoms with Crippen LogP contribution in [0.15, 0.2) is 30.5 Å². The molecule has 1 aromatic heterocycles. The molecular weight excluding hydrogens is 501 g/mol. The summed E-state index contributed by atoms with van der Waals surface area (Å²) >= 11 is 5.77. The van der Waals surface area contributed by atoms with Gasteiger partial charge in [0.2, 0.25) is 0 Å². The largest absolute Gasteiger partial charge is 0.490 e. The molecule has 0 saturated heterocycles. The van der Waals surface area contributed by atoms with E-state index in [1.807, 2.05) is 0 Å². The van der Waals surface area contributed by atoms with Gasteiger partial charge in [-0.25, -0.2) is 4.79 Å². The van der Waals surface area contributed by atoms with Crippen LogP contribution in [0.5, 0.6) is 0 Å². The van der Waals surface area contributed by atoms with Crippen LogP contribution >= 0.6 is 11.6 Å². The predicted molar refractivity (Wildman–Crippen MR) is 93.1 cm³/mol. The van der Waals surface area contributed by atoms with Crippen LogP contribution in [0.2, 0.25) is 5.02 Å². The quantitative estimate of drug-likeness (QED) is 0.530. The van der Waals surface area contributed by atoms with Gasteiger partial charge in [0.1, 0.15) is 5.49 Å². The molecule has 0 unspecified atom stereocenters. The fourth-order valence-electron chi connectivity index (χ4n) is 2.23. The van der Waals surface area contributed by atoms with Gasteiger partial charge in [-0.2, -0.15) is 39.5 Å². The van der Waals surface area contributed by atoms with E-state index in [9.17, 15) is 44.3 Å². The maximum atomic E-state index is 12.9. The molecule has 2 aromatic rings. The Morgan fingerprint density at radius 3 is 1.70 bits per heavy atom. The van der Waals surface area contributed by atoms with Crippen LogP contribution in [-0.2, 0) is 23.7 Å². The minimum Gasteiger partial charge on any atom is -0.475 e. The molecule has 0 bridgehead atoms. The maximum Gasteiger partial charge on any atom is 0.490 e. The minimum absolute atomic E-state index is 0.00256. The number of carbonyl (C=O) groups is 2. The van der Waals surface area contributed by atoms with Crippen molar-refractivity contribution in [3.05, 3.63) is 63.2 Å². The number of carboxylic acid groups (broad SMARTS) is 1. The average molecular weight is 512 g/mol. The zero-order chi connectivity index (χ0) is 25.9. The fraction of sp³-hybridized carbons (Fsp3) is 0.235. The Kier molecular flexibility index (Phi) is 8.19. The van der Waals surface area contributed by atoms with E-state index in [1.165, 1.54) is 0 Å². The van der Waals surface area contributed by atoms with Crippen molar-refractivity contribution >= 4 is 23.5 Å². The normalized spacial score (nSPS) is 12.1. The Labute approximate surface area is 182 Å². The lowest BCUT2D eigenvalue weighted by Crippen LogP contribution is -2.30. The summed E-state index contributed by atoms with van der Waals surface area (Å²) in [5.41, 5.74) is 0.936. The van der Waals surface area contributed by atoms with E-state index in [2.05, 4.69) is 0 Å². The minimum atomic E-state index is -5.08. The summed E-state index contributed by atoms with van der Waals surface area (Å²) in [6, 6.07) is 2.15. The first-order valence-corrected chi connectivity index (χ1v) is 8.44. The summed E-state index contributed by atoms with van der Waals surface area (Å²) < 4.78 is 110. The maximum absolute atomic E-state index is 12.9. The molecule has 0 atom stereocenters. The SMILES string of the molecule is N=c1c(C(N)=O)cc(Cl)cn1Cc1cc(C(F)(F)F)cc(C(F)(F)F)c1.O=C(O)C(F)(F)F. The molecule has 0 radical (unpaired) electrons. The van der Waals surface area contributed by atoms with E-state index in [0.29, 0.717) is 12.1 Å². The van der Waals surface area contributed by atoms with Gasteiger partial charge in [-0.3, -0.25) is 10.2 Å². The number of benzene rings is 1. The molecule has 2 rings (SSSR count). The number of hydrogen-bond donors (Lipinski definition) is 3. The summed E-state index contributed by atoms with van der Waals surface area (Å²) in [6.07, 6.45) is -14.0. The lowest BCUT2D eigenvalue weighted by atomic mass is 10.0. The first-order valence-electron chi connectivity index (χ1n) is 8.06. The van der Waals surface area contributed by atoms with E-state index in [4.69, 9.17) is 32.6 Å². The number of aromatic nitrogens is 1. The molecule has 0 fully saturated rings. The third kappa shape index (κ3) is 8.00. The van der Waals surface area contributed by atoms with Gasteiger partial charge in [-0.05, 0) is 29.8 Å². The monoisotopic (exact) mass is 511 g/mol. The van der Waals surface area contributed by atoms with Crippen molar-refractivity contribution in [2.45, 2.75) is 25.1 Å². The molecule has 6 nitrogen and oxygen atoms in total. The molecule has 1 heterocycles. The van der Waals surface area contributed by atoms with Gasteiger partial charge in [0.15, 0.2) is 0 Å². The topological polar surface area (TPSA) is 109 Å². The Morgan fingerprint density at radius 1 is 0.939 bits per heavy atom. The van der Waals surface area contributed by atoms with Crippen molar-refractivity contribution in [3.63, 3.8) is 0 Å². The van der Waals surface area contributed by atoms with E-state index in [-0.39, 0.29) is 22.2 Å². The first-order chi connectivity index (χ1) is 14.7. The van der Waals surface area contributed by atoms with Gasteiger partial charge < -0.3 is 15.4 Å². The van der Waals surface area contributed by atoms with Gasteiger partial charge >= 0.3 is 24.5 Å². The standard InChI is InChI=1S/C15H10ClF6N3O.C2HF3O2/c16-10-4-11(13(24)26)12(23)25(6-10)5-7-1-8(14(17,18)19)3-9(2-7)15(20,21)22;3-2(4,5)1(6)7/h1-4,6,23H,5H2,(H2,24,26);(H,6,7). The molecule has 33 heavy (non-hydrogen) atoms. The van der Waals surface area contributed by atoms with Crippen molar-refractivity contribution in [3.8, 4) is 0 Å². The molecular formula is C17H11ClF9N3O3. The van der Waals surface area contributed by atoms with Crippen LogP contribution in [0, 0.1) is 5.41 Å². The molecule has 0 aliphatic heterocycles. The van der Waals surface area contributed by atoms with Crippen molar-refractivity contribution in [2.75, 3.05) is 0 Å². The van der Waals surface area contributed by atoms with E-state index in [0.717, 1.165) is 16.8 Å². The molecule has 0 aliphatic carbocycles. The third-order valence-corrected chi connectivity index (χ3v) is 3.82. The Bertz CT molecular complexity index is 1070. The smallest absolute Gasteiger partial charge is 0.475 e. The van der Waals surface area contributed by atoms with Crippen molar-refractivity contribution in [2.24, 2.45) is 5.73 Å². The number of hydrogen-bond acceptors (Lipinski definition) is 3. The molecule has 0 aliphatic rings. The lowest BCUT2D eigenvalue weighted by Gasteiger charge is -2.16. The summed E-state index contributed by atoms with van der Waals surface area (Å²) in [4.78, 5) is 20.2. The zero-order valence-corrected chi connectivity index (χ0v) is 16.4. The van der Waals surface area contributed by atoms with Crippen LogP contribution in [0.1, 0.15) is 27.0 Å². The molecule has 16 heteroatoms. The predicted octanol–water partition coefficient (Wildman–Crippen LogP) is 4.44. The van der Waals surface area contributed by atoms with E-state index >= 15 is 0 Å². The number of primary amides is 1. The second-order valence-electron chi connectivity index (χ2n) is 6.13. The molecule has 4 N–H and O–H groups in total. The second-order valence-corrected chi connectivity index (χ2v) is 6.57. The van der Waals surface area contributed by atoms with Crippen molar-refractivity contribution in [1.29, 1.82) is 5.41 Å². The van der Waals surface area contributed by atoms with Crippen LogP contribution in [-0.4, -0.2) is 27.7 Å². The van der Waals surface area contributed by atoms with Gasteiger partial charge in [-0.1, -0.05) is 11.6 Å². The summed E-state index contributed by atoms with van der Waals surface area (Å²) in [7, 11) is 0. The fourth-order valence-corrected chi connectivity index (χ4v) is 2.46. The van der Waals surface area contributed by atoms with E-state index < -0.39 is 53.6 Å².